The largest absolute Gasteiger partial charge is 0.356 e. The van der Waals surface area contributed by atoms with Crippen molar-refractivity contribution in [3.63, 3.8) is 0 Å². The molecule has 2 aliphatic carbocycles. The molecule has 1 aromatic rings. The van der Waals surface area contributed by atoms with Crippen molar-refractivity contribution in [2.75, 3.05) is 18.0 Å². The monoisotopic (exact) mass is 227 g/mol. The van der Waals surface area contributed by atoms with Gasteiger partial charge in [-0.05, 0) is 49.7 Å². The topological polar surface area (TPSA) is 39.9 Å². The van der Waals surface area contributed by atoms with Gasteiger partial charge in [-0.15, -0.1) is 0 Å². The molecule has 3 heteroatoms. The molecular formula is C14H17N3. The summed E-state index contributed by atoms with van der Waals surface area (Å²) in [6.45, 7) is 2.25. The highest BCUT2D eigenvalue weighted by Gasteiger charge is 2.29. The van der Waals surface area contributed by atoms with Gasteiger partial charge in [-0.2, -0.15) is 5.26 Å². The molecule has 0 N–H and O–H groups in total. The summed E-state index contributed by atoms with van der Waals surface area (Å²) in [6.07, 6.45) is 5.44. The Kier molecular flexibility index (Phi) is 2.72. The standard InChI is InChI=1S/C14H17N3/c15-8-13-2-1-3-14(16-13)17(9-11-4-5-11)10-12-6-7-12/h1-3,11-12H,4-7,9-10H2. The van der Waals surface area contributed by atoms with Crippen LogP contribution in [0.15, 0.2) is 18.2 Å². The van der Waals surface area contributed by atoms with E-state index in [4.69, 9.17) is 5.26 Å². The Bertz CT molecular complexity index is 427. The fourth-order valence-corrected chi connectivity index (χ4v) is 2.15. The summed E-state index contributed by atoms with van der Waals surface area (Å²) in [5.74, 6) is 2.71. The lowest BCUT2D eigenvalue weighted by molar-refractivity contribution is 0.671. The van der Waals surface area contributed by atoms with E-state index in [0.29, 0.717) is 5.69 Å². The second-order valence-corrected chi connectivity index (χ2v) is 5.28. The highest BCUT2D eigenvalue weighted by Crippen LogP contribution is 2.35. The Hall–Kier alpha value is -1.56. The Morgan fingerprint density at radius 2 is 1.82 bits per heavy atom. The van der Waals surface area contributed by atoms with Gasteiger partial charge in [0.05, 0.1) is 0 Å². The van der Waals surface area contributed by atoms with E-state index >= 15 is 0 Å². The van der Waals surface area contributed by atoms with Crippen LogP contribution in [0.3, 0.4) is 0 Å². The van der Waals surface area contributed by atoms with Crippen LogP contribution in [0.5, 0.6) is 0 Å². The molecule has 0 radical (unpaired) electrons. The highest BCUT2D eigenvalue weighted by molar-refractivity contribution is 5.42. The molecule has 0 bridgehead atoms. The Balaban J connectivity index is 1.76. The van der Waals surface area contributed by atoms with Gasteiger partial charge in [0.2, 0.25) is 0 Å². The second kappa shape index (κ2) is 4.37. The van der Waals surface area contributed by atoms with E-state index in [1.54, 1.807) is 6.07 Å². The predicted molar refractivity (Wildman–Crippen MR) is 66.6 cm³/mol. The third-order valence-electron chi connectivity index (χ3n) is 3.52. The predicted octanol–water partition coefficient (Wildman–Crippen LogP) is 2.58. The fourth-order valence-electron chi connectivity index (χ4n) is 2.15. The van der Waals surface area contributed by atoms with E-state index in [9.17, 15) is 0 Å². The van der Waals surface area contributed by atoms with Gasteiger partial charge in [0.1, 0.15) is 17.6 Å². The molecule has 2 aliphatic rings. The van der Waals surface area contributed by atoms with Crippen molar-refractivity contribution in [1.29, 1.82) is 5.26 Å². The first-order chi connectivity index (χ1) is 8.35. The first-order valence-corrected chi connectivity index (χ1v) is 6.47. The van der Waals surface area contributed by atoms with E-state index < -0.39 is 0 Å². The molecule has 2 fully saturated rings. The maximum Gasteiger partial charge on any atom is 0.142 e. The minimum atomic E-state index is 0.527. The Morgan fingerprint density at radius 3 is 2.35 bits per heavy atom. The van der Waals surface area contributed by atoms with E-state index in [1.165, 1.54) is 25.7 Å². The number of hydrogen-bond acceptors (Lipinski definition) is 3. The van der Waals surface area contributed by atoms with Gasteiger partial charge in [-0.25, -0.2) is 4.98 Å². The van der Waals surface area contributed by atoms with Gasteiger partial charge in [0.25, 0.3) is 0 Å². The average molecular weight is 227 g/mol. The normalized spacial score (nSPS) is 18.8. The van der Waals surface area contributed by atoms with Crippen LogP contribution < -0.4 is 4.90 Å². The van der Waals surface area contributed by atoms with Gasteiger partial charge in [-0.1, -0.05) is 6.07 Å². The quantitative estimate of drug-likeness (QED) is 0.776. The molecule has 3 rings (SSSR count). The van der Waals surface area contributed by atoms with Crippen LogP contribution in [0, 0.1) is 23.2 Å². The lowest BCUT2D eigenvalue weighted by Crippen LogP contribution is -2.29. The number of pyridine rings is 1. The first-order valence-electron chi connectivity index (χ1n) is 6.47. The molecule has 0 aliphatic heterocycles. The molecule has 2 saturated carbocycles. The summed E-state index contributed by atoms with van der Waals surface area (Å²) in [5.41, 5.74) is 0.527. The third kappa shape index (κ3) is 2.76. The number of hydrogen-bond donors (Lipinski definition) is 0. The molecule has 3 nitrogen and oxygen atoms in total. The number of nitrogens with zero attached hydrogens (tertiary/aromatic N) is 3. The molecule has 88 valence electrons. The summed E-state index contributed by atoms with van der Waals surface area (Å²) in [6, 6.07) is 7.87. The van der Waals surface area contributed by atoms with Crippen molar-refractivity contribution < 1.29 is 0 Å². The summed E-state index contributed by atoms with van der Waals surface area (Å²) < 4.78 is 0. The van der Waals surface area contributed by atoms with Crippen molar-refractivity contribution in [2.24, 2.45) is 11.8 Å². The highest BCUT2D eigenvalue weighted by atomic mass is 15.2. The fraction of sp³-hybridized carbons (Fsp3) is 0.571. The number of aromatic nitrogens is 1. The molecule has 0 unspecified atom stereocenters. The minimum Gasteiger partial charge on any atom is -0.356 e. The van der Waals surface area contributed by atoms with Crippen molar-refractivity contribution in [3.8, 4) is 6.07 Å². The van der Waals surface area contributed by atoms with Gasteiger partial charge in [-0.3, -0.25) is 0 Å². The summed E-state index contributed by atoms with van der Waals surface area (Å²) in [5, 5.41) is 8.90. The second-order valence-electron chi connectivity index (χ2n) is 5.28. The zero-order chi connectivity index (χ0) is 11.7. The Labute approximate surface area is 102 Å². The molecule has 0 atom stereocenters. The molecule has 0 spiro atoms. The third-order valence-corrected chi connectivity index (χ3v) is 3.52. The molecule has 0 saturated heterocycles. The van der Waals surface area contributed by atoms with Crippen LogP contribution in [0.1, 0.15) is 31.4 Å². The smallest absolute Gasteiger partial charge is 0.142 e. The minimum absolute atomic E-state index is 0.527. The van der Waals surface area contributed by atoms with Crippen molar-refractivity contribution in [1.82, 2.24) is 4.98 Å². The average Bonchev–Trinajstić information content (AvgIpc) is 3.23. The zero-order valence-electron chi connectivity index (χ0n) is 9.97. The van der Waals surface area contributed by atoms with Crippen LogP contribution in [-0.4, -0.2) is 18.1 Å². The molecule has 17 heavy (non-hydrogen) atoms. The van der Waals surface area contributed by atoms with Crippen LogP contribution in [0.25, 0.3) is 0 Å². The van der Waals surface area contributed by atoms with E-state index in [0.717, 1.165) is 30.7 Å². The van der Waals surface area contributed by atoms with Crippen LogP contribution in [-0.2, 0) is 0 Å². The van der Waals surface area contributed by atoms with Gasteiger partial charge >= 0.3 is 0 Å². The maximum atomic E-state index is 8.90. The number of anilines is 1. The maximum absolute atomic E-state index is 8.90. The van der Waals surface area contributed by atoms with Gasteiger partial charge < -0.3 is 4.90 Å². The number of nitriles is 1. The number of rotatable bonds is 5. The van der Waals surface area contributed by atoms with Gasteiger partial charge in [0.15, 0.2) is 0 Å². The van der Waals surface area contributed by atoms with Crippen molar-refractivity contribution >= 4 is 5.82 Å². The first kappa shape index (κ1) is 10.6. The summed E-state index contributed by atoms with van der Waals surface area (Å²) in [4.78, 5) is 6.80. The lowest BCUT2D eigenvalue weighted by Gasteiger charge is -2.23. The zero-order valence-corrected chi connectivity index (χ0v) is 9.97. The summed E-state index contributed by atoms with van der Waals surface area (Å²) in [7, 11) is 0. The van der Waals surface area contributed by atoms with E-state index in [-0.39, 0.29) is 0 Å². The molecule has 0 amide bonds. The summed E-state index contributed by atoms with van der Waals surface area (Å²) >= 11 is 0. The molecule has 1 aromatic heterocycles. The molecular weight excluding hydrogens is 210 g/mol. The van der Waals surface area contributed by atoms with Crippen LogP contribution >= 0.6 is 0 Å². The molecule has 0 aromatic carbocycles. The van der Waals surface area contributed by atoms with E-state index in [2.05, 4.69) is 16.0 Å². The Morgan fingerprint density at radius 1 is 1.18 bits per heavy atom. The van der Waals surface area contributed by atoms with Gasteiger partial charge in [0, 0.05) is 13.1 Å². The lowest BCUT2D eigenvalue weighted by atomic mass is 10.3. The van der Waals surface area contributed by atoms with E-state index in [1.807, 2.05) is 12.1 Å². The molecule has 1 heterocycles. The van der Waals surface area contributed by atoms with Crippen LogP contribution in [0.4, 0.5) is 5.82 Å². The van der Waals surface area contributed by atoms with Crippen molar-refractivity contribution in [2.45, 2.75) is 25.7 Å². The SMILES string of the molecule is N#Cc1cccc(N(CC2CC2)CC2CC2)n1. The van der Waals surface area contributed by atoms with Crippen LogP contribution in [0.2, 0.25) is 0 Å². The van der Waals surface area contributed by atoms with Crippen molar-refractivity contribution in [3.05, 3.63) is 23.9 Å².